The summed E-state index contributed by atoms with van der Waals surface area (Å²) < 4.78 is 31.1. The van der Waals surface area contributed by atoms with E-state index in [1.807, 2.05) is 0 Å². The molecule has 0 aromatic rings. The molecule has 1 N–H and O–H groups in total. The molecule has 0 aliphatic heterocycles. The van der Waals surface area contributed by atoms with E-state index < -0.39 is 10.4 Å². The Kier molecular flexibility index (Phi) is 7.00. The van der Waals surface area contributed by atoms with E-state index in [1.54, 1.807) is 6.92 Å². The van der Waals surface area contributed by atoms with Crippen molar-refractivity contribution in [3.63, 3.8) is 0 Å². The van der Waals surface area contributed by atoms with E-state index >= 15 is 0 Å². The zero-order valence-electron chi connectivity index (χ0n) is 6.73. The van der Waals surface area contributed by atoms with Crippen molar-refractivity contribution < 1.29 is 37.4 Å². The minimum absolute atomic E-state index is 0. The van der Waals surface area contributed by atoms with Gasteiger partial charge >= 0.3 is 29.3 Å². The van der Waals surface area contributed by atoms with Gasteiger partial charge in [-0.15, -0.1) is 0 Å². The summed E-state index contributed by atoms with van der Waals surface area (Å²) in [6.07, 6.45) is 2.18. The van der Waals surface area contributed by atoms with Crippen LogP contribution in [0.3, 0.4) is 0 Å². The zero-order valence-corrected chi connectivity index (χ0v) is 6.55. The summed E-state index contributed by atoms with van der Waals surface area (Å²) in [5.74, 6) is 0. The van der Waals surface area contributed by atoms with Gasteiger partial charge < -0.3 is 5.61 Å². The molecule has 0 aliphatic rings. The molecule has 0 bridgehead atoms. The van der Waals surface area contributed by atoms with Crippen LogP contribution in [0.15, 0.2) is 18.1 Å². The van der Waals surface area contributed by atoms with Gasteiger partial charge in [0.05, 0.1) is 0 Å². The Labute approximate surface area is 73.2 Å². The van der Waals surface area contributed by atoms with E-state index in [-0.39, 0.29) is 20.3 Å². The first-order chi connectivity index (χ1) is 4.06. The van der Waals surface area contributed by atoms with Crippen LogP contribution >= 0.6 is 0 Å². The third kappa shape index (κ3) is 10.7. The first-order valence-corrected chi connectivity index (χ1v) is 3.44. The number of allylic oxidation sites excluding steroid dienone is 1. The van der Waals surface area contributed by atoms with Gasteiger partial charge in [0.15, 0.2) is 6.26 Å². The van der Waals surface area contributed by atoms with E-state index in [0.717, 1.165) is 6.26 Å². The molecule has 0 heterocycles. The van der Waals surface area contributed by atoms with Crippen LogP contribution in [0.5, 0.6) is 0 Å². The Bertz CT molecular complexity index is 228. The second kappa shape index (κ2) is 5.60. The first kappa shape index (κ1) is 12.5. The fraction of sp³-hybridized carbons (Fsp3) is 0.250. The van der Waals surface area contributed by atoms with E-state index in [2.05, 4.69) is 9.91 Å². The van der Waals surface area contributed by atoms with Crippen LogP contribution in [0.2, 0.25) is 0 Å². The Morgan fingerprint density at radius 3 is 2.50 bits per heavy atom. The molecule has 0 aromatic heterocycles. The van der Waals surface area contributed by atoms with Crippen molar-refractivity contribution in [3.05, 3.63) is 18.1 Å². The predicted molar refractivity (Wildman–Crippen MR) is 32.1 cm³/mol. The van der Waals surface area contributed by atoms with Gasteiger partial charge in [-0.05, 0) is 13.0 Å². The summed E-state index contributed by atoms with van der Waals surface area (Å²) in [5, 5.41) is 0. The Morgan fingerprint density at radius 2 is 2.20 bits per heavy atom. The zero-order chi connectivity index (χ0) is 7.33. The summed E-state index contributed by atoms with van der Waals surface area (Å²) in [6.45, 7) is 1.63. The van der Waals surface area contributed by atoms with Gasteiger partial charge in [-0.1, -0.05) is 5.73 Å². The molecule has 0 fully saturated rings. The van der Waals surface area contributed by atoms with Gasteiger partial charge in [-0.25, -0.2) is 0 Å². The standard InChI is InChI=1S/C4H6O4S.Li.H/c1-2-3-4-8-9(5,6)7;;/h2,4H,1H3,(H,5,6,7);;/q;+1;-1. The molecule has 0 aliphatic carbocycles. The SMILES string of the molecule is CC=C=COS(=O)(=O)O.[H-].[Li+]. The molecule has 6 heteroatoms. The molecule has 0 saturated heterocycles. The smallest absolute Gasteiger partial charge is 1.00 e. The van der Waals surface area contributed by atoms with Gasteiger partial charge in [0.25, 0.3) is 0 Å². The molecule has 0 rings (SSSR count). The molecular weight excluding hydrogens is 151 g/mol. The van der Waals surface area contributed by atoms with Crippen molar-refractivity contribution in [1.29, 1.82) is 0 Å². The second-order valence-corrected chi connectivity index (χ2v) is 2.15. The molecular formula is C4H7LiO4S. The number of hydrogen-bond donors (Lipinski definition) is 1. The summed E-state index contributed by atoms with van der Waals surface area (Å²) in [5.41, 5.74) is 2.29. The van der Waals surface area contributed by atoms with Gasteiger partial charge in [0.2, 0.25) is 0 Å². The van der Waals surface area contributed by atoms with Crippen LogP contribution in [-0.2, 0) is 14.6 Å². The average Bonchev–Trinajstić information content (AvgIpc) is 1.63. The molecule has 54 valence electrons. The molecule has 10 heavy (non-hydrogen) atoms. The van der Waals surface area contributed by atoms with E-state index in [9.17, 15) is 8.42 Å². The van der Waals surface area contributed by atoms with Crippen molar-refractivity contribution in [1.82, 2.24) is 0 Å². The fourth-order valence-corrected chi connectivity index (χ4v) is 0.334. The van der Waals surface area contributed by atoms with Crippen molar-refractivity contribution in [2.24, 2.45) is 0 Å². The van der Waals surface area contributed by atoms with Crippen LogP contribution in [0.4, 0.5) is 0 Å². The third-order valence-corrected chi connectivity index (χ3v) is 0.744. The Morgan fingerprint density at radius 1 is 1.70 bits per heavy atom. The summed E-state index contributed by atoms with van der Waals surface area (Å²) >= 11 is 0. The average molecular weight is 158 g/mol. The van der Waals surface area contributed by atoms with Gasteiger partial charge in [0, 0.05) is 0 Å². The minimum Gasteiger partial charge on any atom is -1.00 e. The summed E-state index contributed by atoms with van der Waals surface area (Å²) in [4.78, 5) is 0. The number of hydrogen-bond acceptors (Lipinski definition) is 3. The number of rotatable bonds is 2. The molecule has 0 spiro atoms. The fourth-order valence-electron chi connectivity index (χ4n) is 0.157. The molecule has 0 unspecified atom stereocenters. The van der Waals surface area contributed by atoms with E-state index in [4.69, 9.17) is 4.55 Å². The molecule has 0 radical (unpaired) electrons. The quantitative estimate of drug-likeness (QED) is 0.211. The maximum atomic E-state index is 9.75. The molecule has 0 atom stereocenters. The second-order valence-electron chi connectivity index (χ2n) is 1.10. The Hall–Kier alpha value is -0.173. The van der Waals surface area contributed by atoms with Crippen LogP contribution in [-0.4, -0.2) is 13.0 Å². The predicted octanol–water partition coefficient (Wildman–Crippen LogP) is -2.39. The Balaban J connectivity index is -0.000000320. The molecule has 4 nitrogen and oxygen atoms in total. The largest absolute Gasteiger partial charge is 1.00 e. The maximum absolute atomic E-state index is 9.75. The monoisotopic (exact) mass is 158 g/mol. The summed E-state index contributed by atoms with van der Waals surface area (Å²) in [6, 6.07) is 0. The van der Waals surface area contributed by atoms with Gasteiger partial charge in [0.1, 0.15) is 0 Å². The van der Waals surface area contributed by atoms with Crippen molar-refractivity contribution >= 4 is 10.4 Å². The topological polar surface area (TPSA) is 63.6 Å². The van der Waals surface area contributed by atoms with Crippen LogP contribution in [0, 0.1) is 0 Å². The van der Waals surface area contributed by atoms with Crippen LogP contribution in [0.1, 0.15) is 8.35 Å². The van der Waals surface area contributed by atoms with Crippen LogP contribution < -0.4 is 18.9 Å². The van der Waals surface area contributed by atoms with E-state index in [1.165, 1.54) is 6.08 Å². The molecule has 0 aromatic carbocycles. The first-order valence-electron chi connectivity index (χ1n) is 2.07. The van der Waals surface area contributed by atoms with Crippen LogP contribution in [0.25, 0.3) is 0 Å². The maximum Gasteiger partial charge on any atom is 1.00 e. The van der Waals surface area contributed by atoms with Crippen molar-refractivity contribution in [2.45, 2.75) is 6.92 Å². The molecule has 0 saturated carbocycles. The van der Waals surface area contributed by atoms with E-state index in [0.29, 0.717) is 0 Å². The third-order valence-electron chi connectivity index (χ3n) is 0.404. The molecule has 0 amide bonds. The summed E-state index contributed by atoms with van der Waals surface area (Å²) in [7, 11) is -4.33. The minimum atomic E-state index is -4.33. The van der Waals surface area contributed by atoms with Crippen molar-refractivity contribution in [3.8, 4) is 0 Å². The normalized spacial score (nSPS) is 8.60. The van der Waals surface area contributed by atoms with Gasteiger partial charge in [-0.3, -0.25) is 4.55 Å². The van der Waals surface area contributed by atoms with Gasteiger partial charge in [-0.2, -0.15) is 8.42 Å². The van der Waals surface area contributed by atoms with Crippen molar-refractivity contribution in [2.75, 3.05) is 0 Å².